The van der Waals surface area contributed by atoms with E-state index in [9.17, 15) is 8.42 Å². The smallest absolute Gasteiger partial charge is 0.150 e. The van der Waals surface area contributed by atoms with Crippen LogP contribution in [0.2, 0.25) is 0 Å². The first-order chi connectivity index (χ1) is 9.05. The van der Waals surface area contributed by atoms with Gasteiger partial charge in [-0.2, -0.15) is 0 Å². The van der Waals surface area contributed by atoms with Crippen LogP contribution in [0.4, 0.5) is 0 Å². The van der Waals surface area contributed by atoms with Crippen molar-refractivity contribution >= 4 is 9.84 Å². The van der Waals surface area contributed by atoms with E-state index in [0.717, 1.165) is 12.3 Å². The van der Waals surface area contributed by atoms with Gasteiger partial charge in [0.1, 0.15) is 22.2 Å². The molecule has 2 rings (SSSR count). The van der Waals surface area contributed by atoms with E-state index in [0.29, 0.717) is 37.0 Å². The summed E-state index contributed by atoms with van der Waals surface area (Å²) in [5.41, 5.74) is 1.18. The lowest BCUT2D eigenvalue weighted by molar-refractivity contribution is 0.301. The van der Waals surface area contributed by atoms with Crippen molar-refractivity contribution in [3.8, 4) is 5.75 Å². The normalized spacial score (nSPS) is 19.2. The Labute approximate surface area is 115 Å². The van der Waals surface area contributed by atoms with Crippen LogP contribution in [0.25, 0.3) is 0 Å². The molecule has 0 atom stereocenters. The predicted molar refractivity (Wildman–Crippen MR) is 76.4 cm³/mol. The molecule has 4 nitrogen and oxygen atoms in total. The molecule has 0 radical (unpaired) electrons. The summed E-state index contributed by atoms with van der Waals surface area (Å²) in [7, 11) is -2.77. The van der Waals surface area contributed by atoms with Crippen molar-refractivity contribution in [1.29, 1.82) is 0 Å². The molecule has 5 heteroatoms. The molecule has 0 saturated carbocycles. The Morgan fingerprint density at radius 2 is 2.05 bits per heavy atom. The van der Waals surface area contributed by atoms with E-state index in [1.165, 1.54) is 5.56 Å². The van der Waals surface area contributed by atoms with Crippen LogP contribution in [0, 0.1) is 6.92 Å². The van der Waals surface area contributed by atoms with Gasteiger partial charge in [-0.3, -0.25) is 0 Å². The minimum atomic E-state index is -2.77. The molecule has 0 unspecified atom stereocenters. The zero-order valence-electron chi connectivity index (χ0n) is 11.3. The van der Waals surface area contributed by atoms with Crippen LogP contribution in [-0.2, 0) is 9.84 Å². The van der Waals surface area contributed by atoms with Crippen LogP contribution < -0.4 is 10.1 Å². The van der Waals surface area contributed by atoms with Gasteiger partial charge in [-0.25, -0.2) is 8.42 Å². The van der Waals surface area contributed by atoms with E-state index in [2.05, 4.69) is 5.32 Å². The largest absolute Gasteiger partial charge is 0.492 e. The Morgan fingerprint density at radius 1 is 1.32 bits per heavy atom. The van der Waals surface area contributed by atoms with E-state index in [4.69, 9.17) is 4.74 Å². The fourth-order valence-corrected chi connectivity index (χ4v) is 3.72. The van der Waals surface area contributed by atoms with Crippen molar-refractivity contribution in [2.75, 3.05) is 24.7 Å². The summed E-state index contributed by atoms with van der Waals surface area (Å²) in [6.45, 7) is 3.39. The average Bonchev–Trinajstić information content (AvgIpc) is 2.36. The summed E-state index contributed by atoms with van der Waals surface area (Å²) < 4.78 is 28.2. The standard InChI is InChI=1S/C14H21NO3S/c1-12-3-2-4-14(11-12)18-8-7-15-13-5-9-19(16,17)10-6-13/h2-4,11,13,15H,5-10H2,1H3. The van der Waals surface area contributed by atoms with Gasteiger partial charge in [0.05, 0.1) is 11.5 Å². The Bertz CT molecular complexity index is 499. The first kappa shape index (κ1) is 14.3. The highest BCUT2D eigenvalue weighted by atomic mass is 32.2. The first-order valence-corrected chi connectivity index (χ1v) is 8.50. The molecule has 0 bridgehead atoms. The third-order valence-corrected chi connectivity index (χ3v) is 5.06. The predicted octanol–water partition coefficient (Wildman–Crippen LogP) is 1.54. The Balaban J connectivity index is 1.65. The van der Waals surface area contributed by atoms with Crippen molar-refractivity contribution in [2.24, 2.45) is 0 Å². The van der Waals surface area contributed by atoms with Crippen molar-refractivity contribution in [3.05, 3.63) is 29.8 Å². The number of benzene rings is 1. The van der Waals surface area contributed by atoms with E-state index in [1.807, 2.05) is 31.2 Å². The van der Waals surface area contributed by atoms with Gasteiger partial charge in [0.25, 0.3) is 0 Å². The zero-order valence-corrected chi connectivity index (χ0v) is 12.1. The van der Waals surface area contributed by atoms with E-state index in [-0.39, 0.29) is 0 Å². The summed E-state index contributed by atoms with van der Waals surface area (Å²) in [5.74, 6) is 1.50. The summed E-state index contributed by atoms with van der Waals surface area (Å²) >= 11 is 0. The second kappa shape index (κ2) is 6.39. The number of hydrogen-bond donors (Lipinski definition) is 1. The molecule has 1 saturated heterocycles. The minimum Gasteiger partial charge on any atom is -0.492 e. The molecule has 1 aliphatic heterocycles. The molecule has 1 N–H and O–H groups in total. The molecular weight excluding hydrogens is 262 g/mol. The van der Waals surface area contributed by atoms with E-state index in [1.54, 1.807) is 0 Å². The summed E-state index contributed by atoms with van der Waals surface area (Å²) in [6, 6.07) is 8.27. The molecule has 19 heavy (non-hydrogen) atoms. The number of hydrogen-bond acceptors (Lipinski definition) is 4. The van der Waals surface area contributed by atoms with Gasteiger partial charge in [0.2, 0.25) is 0 Å². The molecule has 106 valence electrons. The van der Waals surface area contributed by atoms with Crippen LogP contribution in [0.15, 0.2) is 24.3 Å². The van der Waals surface area contributed by atoms with Gasteiger partial charge in [0.15, 0.2) is 0 Å². The van der Waals surface area contributed by atoms with Crippen molar-refractivity contribution < 1.29 is 13.2 Å². The molecule has 0 spiro atoms. The summed E-state index contributed by atoms with van der Waals surface area (Å²) in [6.07, 6.45) is 1.43. The van der Waals surface area contributed by atoms with Crippen LogP contribution in [0.5, 0.6) is 5.75 Å². The van der Waals surface area contributed by atoms with Crippen molar-refractivity contribution in [2.45, 2.75) is 25.8 Å². The van der Waals surface area contributed by atoms with Crippen LogP contribution >= 0.6 is 0 Å². The summed E-state index contributed by atoms with van der Waals surface area (Å²) in [4.78, 5) is 0. The monoisotopic (exact) mass is 283 g/mol. The number of ether oxygens (including phenoxy) is 1. The second-order valence-corrected chi connectivity index (χ2v) is 7.35. The topological polar surface area (TPSA) is 55.4 Å². The molecule has 0 aromatic heterocycles. The van der Waals surface area contributed by atoms with Crippen LogP contribution in [0.1, 0.15) is 18.4 Å². The highest BCUT2D eigenvalue weighted by molar-refractivity contribution is 7.91. The maximum absolute atomic E-state index is 11.3. The number of rotatable bonds is 5. The molecule has 1 heterocycles. The zero-order chi connectivity index (χ0) is 13.7. The lowest BCUT2D eigenvalue weighted by atomic mass is 10.1. The summed E-state index contributed by atoms with van der Waals surface area (Å²) in [5, 5.41) is 3.35. The Hall–Kier alpha value is -1.07. The molecule has 0 aliphatic carbocycles. The van der Waals surface area contributed by atoms with Crippen LogP contribution in [0.3, 0.4) is 0 Å². The number of nitrogens with one attached hydrogen (secondary N) is 1. The van der Waals surface area contributed by atoms with Crippen molar-refractivity contribution in [1.82, 2.24) is 5.32 Å². The Kier molecular flexibility index (Phi) is 4.82. The molecule has 1 aromatic carbocycles. The maximum atomic E-state index is 11.3. The average molecular weight is 283 g/mol. The van der Waals surface area contributed by atoms with Gasteiger partial charge in [-0.05, 0) is 37.5 Å². The van der Waals surface area contributed by atoms with E-state index >= 15 is 0 Å². The number of sulfone groups is 1. The van der Waals surface area contributed by atoms with Gasteiger partial charge < -0.3 is 10.1 Å². The van der Waals surface area contributed by atoms with Gasteiger partial charge in [-0.15, -0.1) is 0 Å². The third-order valence-electron chi connectivity index (χ3n) is 3.35. The molecule has 0 amide bonds. The Morgan fingerprint density at radius 3 is 2.74 bits per heavy atom. The van der Waals surface area contributed by atoms with Gasteiger partial charge in [-0.1, -0.05) is 12.1 Å². The maximum Gasteiger partial charge on any atom is 0.150 e. The third kappa shape index (κ3) is 4.84. The van der Waals surface area contributed by atoms with Crippen molar-refractivity contribution in [3.63, 3.8) is 0 Å². The quantitative estimate of drug-likeness (QED) is 0.833. The second-order valence-electron chi connectivity index (χ2n) is 5.05. The molecular formula is C14H21NO3S. The fraction of sp³-hybridized carbons (Fsp3) is 0.571. The fourth-order valence-electron chi connectivity index (χ4n) is 2.23. The van der Waals surface area contributed by atoms with Gasteiger partial charge in [0, 0.05) is 12.6 Å². The van der Waals surface area contributed by atoms with Crippen LogP contribution in [-0.4, -0.2) is 39.1 Å². The lowest BCUT2D eigenvalue weighted by Gasteiger charge is -2.23. The molecule has 1 aromatic rings. The van der Waals surface area contributed by atoms with Gasteiger partial charge >= 0.3 is 0 Å². The highest BCUT2D eigenvalue weighted by Gasteiger charge is 2.22. The molecule has 1 fully saturated rings. The SMILES string of the molecule is Cc1cccc(OCCNC2CCS(=O)(=O)CC2)c1. The first-order valence-electron chi connectivity index (χ1n) is 6.68. The lowest BCUT2D eigenvalue weighted by Crippen LogP contribution is -2.39. The molecule has 1 aliphatic rings. The number of aryl methyl sites for hydroxylation is 1. The minimum absolute atomic E-state index is 0.309. The van der Waals surface area contributed by atoms with E-state index < -0.39 is 9.84 Å². The highest BCUT2D eigenvalue weighted by Crippen LogP contribution is 2.13.